The lowest BCUT2D eigenvalue weighted by molar-refractivity contribution is -0.140. The number of carbonyl (C=O) groups excluding carboxylic acids is 1. The largest absolute Gasteiger partial charge is 0.469 e. The van der Waals surface area contributed by atoms with E-state index in [0.29, 0.717) is 42.4 Å². The van der Waals surface area contributed by atoms with E-state index >= 15 is 0 Å². The predicted molar refractivity (Wildman–Crippen MR) is 93.3 cm³/mol. The number of carbonyl (C=O) groups is 1. The molecule has 1 heterocycles. The fourth-order valence-corrected chi connectivity index (χ4v) is 2.41. The molecule has 8 nitrogen and oxygen atoms in total. The number of ether oxygens (including phenoxy) is 4. The van der Waals surface area contributed by atoms with Gasteiger partial charge in [0, 0.05) is 38.2 Å². The van der Waals surface area contributed by atoms with Crippen LogP contribution in [0.25, 0.3) is 0 Å². The highest BCUT2D eigenvalue weighted by atomic mass is 19.3. The maximum absolute atomic E-state index is 12.7. The maximum Gasteiger partial charge on any atom is 0.387 e. The quantitative estimate of drug-likeness (QED) is 0.290. The van der Waals surface area contributed by atoms with Crippen molar-refractivity contribution in [3.05, 3.63) is 17.7 Å². The van der Waals surface area contributed by atoms with E-state index in [2.05, 4.69) is 25.1 Å². The Labute approximate surface area is 155 Å². The molecular formula is C17H23F2N3O5. The lowest BCUT2D eigenvalue weighted by Crippen LogP contribution is -2.37. The summed E-state index contributed by atoms with van der Waals surface area (Å²) in [6, 6.07) is 2.98. The van der Waals surface area contributed by atoms with Crippen LogP contribution in [0.5, 0.6) is 17.2 Å². The number of rotatable bonds is 9. The monoisotopic (exact) mass is 387 g/mol. The summed E-state index contributed by atoms with van der Waals surface area (Å²) in [5.41, 5.74) is 0.480. The number of alkyl halides is 2. The predicted octanol–water partition coefficient (Wildman–Crippen LogP) is 2.02. The van der Waals surface area contributed by atoms with Crippen LogP contribution >= 0.6 is 0 Å². The molecule has 0 amide bonds. The summed E-state index contributed by atoms with van der Waals surface area (Å²) in [5, 5.41) is 6.11. The Morgan fingerprint density at radius 2 is 2.00 bits per heavy atom. The second-order valence-corrected chi connectivity index (χ2v) is 5.58. The molecule has 1 aromatic rings. The molecular weight excluding hydrogens is 364 g/mol. The molecule has 150 valence electrons. The number of nitrogens with zero attached hydrogens (tertiary/aromatic N) is 1. The van der Waals surface area contributed by atoms with Gasteiger partial charge in [-0.1, -0.05) is 0 Å². The molecule has 0 bridgehead atoms. The maximum atomic E-state index is 12.7. The topological polar surface area (TPSA) is 90.4 Å². The number of aliphatic imine (C=N–C) groups is 1. The van der Waals surface area contributed by atoms with Gasteiger partial charge >= 0.3 is 12.6 Å². The van der Waals surface area contributed by atoms with E-state index in [1.165, 1.54) is 13.2 Å². The molecule has 1 aliphatic rings. The van der Waals surface area contributed by atoms with E-state index in [1.807, 2.05) is 0 Å². The molecule has 0 spiro atoms. The van der Waals surface area contributed by atoms with E-state index in [-0.39, 0.29) is 25.1 Å². The van der Waals surface area contributed by atoms with Gasteiger partial charge in [-0.05, 0) is 18.9 Å². The fraction of sp³-hybridized carbons (Fsp3) is 0.529. The first kappa shape index (κ1) is 20.5. The van der Waals surface area contributed by atoms with Gasteiger partial charge < -0.3 is 29.6 Å². The number of hydrogen-bond acceptors (Lipinski definition) is 6. The van der Waals surface area contributed by atoms with Crippen LogP contribution in [0.1, 0.15) is 24.8 Å². The Morgan fingerprint density at radius 3 is 2.67 bits per heavy atom. The van der Waals surface area contributed by atoms with Gasteiger partial charge in [0.25, 0.3) is 0 Å². The average molecular weight is 387 g/mol. The van der Waals surface area contributed by atoms with Crippen molar-refractivity contribution in [3.63, 3.8) is 0 Å². The second-order valence-electron chi connectivity index (χ2n) is 5.58. The lowest BCUT2D eigenvalue weighted by atomic mass is 10.1. The zero-order valence-electron chi connectivity index (χ0n) is 15.2. The van der Waals surface area contributed by atoms with Crippen molar-refractivity contribution < 1.29 is 32.5 Å². The Bertz CT molecular complexity index is 670. The van der Waals surface area contributed by atoms with Crippen LogP contribution in [0.2, 0.25) is 0 Å². The summed E-state index contributed by atoms with van der Waals surface area (Å²) < 4.78 is 44.9. The van der Waals surface area contributed by atoms with Gasteiger partial charge in [0.1, 0.15) is 5.75 Å². The summed E-state index contributed by atoms with van der Waals surface area (Å²) >= 11 is 0. The second kappa shape index (κ2) is 10.4. The molecule has 0 atom stereocenters. The number of guanidine groups is 1. The number of esters is 1. The Morgan fingerprint density at radius 1 is 1.26 bits per heavy atom. The molecule has 1 aromatic carbocycles. The number of methoxy groups -OCH3 is 1. The molecule has 0 saturated carbocycles. The number of unbranched alkanes of at least 4 members (excludes halogenated alkanes) is 1. The van der Waals surface area contributed by atoms with Crippen molar-refractivity contribution in [1.29, 1.82) is 0 Å². The standard InChI is InChI=1S/C17H23F2N3O5/c1-20-17(21-6-4-3-5-15(23)24-2)22-9-11-7-13-14(26-10-25-13)8-12(11)27-16(18)19/h7-8,16H,3-6,9-10H2,1-2H3,(H2,20,21,22). The van der Waals surface area contributed by atoms with Crippen LogP contribution in [0.3, 0.4) is 0 Å². The number of hydrogen-bond donors (Lipinski definition) is 2. The zero-order chi connectivity index (χ0) is 19.6. The molecule has 10 heteroatoms. The van der Waals surface area contributed by atoms with E-state index in [9.17, 15) is 13.6 Å². The van der Waals surface area contributed by atoms with E-state index in [1.54, 1.807) is 13.1 Å². The van der Waals surface area contributed by atoms with Crippen molar-refractivity contribution in [2.24, 2.45) is 4.99 Å². The van der Waals surface area contributed by atoms with Gasteiger partial charge in [0.15, 0.2) is 17.5 Å². The SMILES string of the molecule is CN=C(NCCCCC(=O)OC)NCc1cc2c(cc1OC(F)F)OCO2. The molecule has 0 unspecified atom stereocenters. The first-order valence-corrected chi connectivity index (χ1v) is 8.42. The molecule has 27 heavy (non-hydrogen) atoms. The minimum atomic E-state index is -2.95. The molecule has 0 radical (unpaired) electrons. The summed E-state index contributed by atoms with van der Waals surface area (Å²) in [6.07, 6.45) is 1.79. The molecule has 2 N–H and O–H groups in total. The lowest BCUT2D eigenvalue weighted by Gasteiger charge is -2.15. The molecule has 0 fully saturated rings. The van der Waals surface area contributed by atoms with Gasteiger partial charge in [0.2, 0.25) is 6.79 Å². The minimum absolute atomic E-state index is 0.00952. The van der Waals surface area contributed by atoms with Crippen molar-refractivity contribution in [2.45, 2.75) is 32.4 Å². The fourth-order valence-electron chi connectivity index (χ4n) is 2.41. The van der Waals surface area contributed by atoms with Crippen LogP contribution in [0.4, 0.5) is 8.78 Å². The van der Waals surface area contributed by atoms with Gasteiger partial charge in [-0.3, -0.25) is 9.79 Å². The Balaban J connectivity index is 1.87. The van der Waals surface area contributed by atoms with Crippen LogP contribution in [0.15, 0.2) is 17.1 Å². The number of nitrogens with one attached hydrogen (secondary N) is 2. The van der Waals surface area contributed by atoms with Crippen molar-refractivity contribution in [1.82, 2.24) is 10.6 Å². The molecule has 1 aliphatic heterocycles. The molecule has 0 aromatic heterocycles. The zero-order valence-corrected chi connectivity index (χ0v) is 15.2. The van der Waals surface area contributed by atoms with Gasteiger partial charge in [-0.2, -0.15) is 8.78 Å². The highest BCUT2D eigenvalue weighted by Gasteiger charge is 2.20. The van der Waals surface area contributed by atoms with Crippen molar-refractivity contribution >= 4 is 11.9 Å². The molecule has 2 rings (SSSR count). The smallest absolute Gasteiger partial charge is 0.387 e. The van der Waals surface area contributed by atoms with E-state index in [0.717, 1.165) is 6.42 Å². The number of fused-ring (bicyclic) bond motifs is 1. The number of benzene rings is 1. The highest BCUT2D eigenvalue weighted by molar-refractivity contribution is 5.79. The van der Waals surface area contributed by atoms with E-state index in [4.69, 9.17) is 9.47 Å². The van der Waals surface area contributed by atoms with E-state index < -0.39 is 6.61 Å². The Kier molecular flexibility index (Phi) is 7.90. The molecule has 0 aliphatic carbocycles. The third-order valence-electron chi connectivity index (χ3n) is 3.77. The summed E-state index contributed by atoms with van der Waals surface area (Å²) in [5.74, 6) is 1.09. The first-order chi connectivity index (χ1) is 13.0. The third kappa shape index (κ3) is 6.46. The first-order valence-electron chi connectivity index (χ1n) is 8.42. The normalized spacial score (nSPS) is 12.9. The van der Waals surface area contributed by atoms with Gasteiger partial charge in [-0.25, -0.2) is 0 Å². The van der Waals surface area contributed by atoms with Crippen molar-refractivity contribution in [3.8, 4) is 17.2 Å². The van der Waals surface area contributed by atoms with Gasteiger partial charge in [0.05, 0.1) is 7.11 Å². The Hall–Kier alpha value is -2.78. The minimum Gasteiger partial charge on any atom is -0.469 e. The van der Waals surface area contributed by atoms with Crippen molar-refractivity contribution in [2.75, 3.05) is 27.5 Å². The summed E-state index contributed by atoms with van der Waals surface area (Å²) in [6.45, 7) is -2.12. The van der Waals surface area contributed by atoms with Crippen LogP contribution in [0, 0.1) is 0 Å². The van der Waals surface area contributed by atoms with Crippen LogP contribution < -0.4 is 24.8 Å². The molecule has 0 saturated heterocycles. The van der Waals surface area contributed by atoms with Crippen LogP contribution in [-0.2, 0) is 16.1 Å². The third-order valence-corrected chi connectivity index (χ3v) is 3.77. The number of halogens is 2. The summed E-state index contributed by atoms with van der Waals surface area (Å²) in [7, 11) is 2.95. The highest BCUT2D eigenvalue weighted by Crippen LogP contribution is 2.38. The average Bonchev–Trinajstić information content (AvgIpc) is 3.10. The van der Waals surface area contributed by atoms with Gasteiger partial charge in [-0.15, -0.1) is 0 Å². The summed E-state index contributed by atoms with van der Waals surface area (Å²) in [4.78, 5) is 15.1. The van der Waals surface area contributed by atoms with Crippen LogP contribution in [-0.4, -0.2) is 46.0 Å².